The van der Waals surface area contributed by atoms with Crippen LogP contribution in [-0.4, -0.2) is 12.4 Å². The second-order valence-corrected chi connectivity index (χ2v) is 3.01. The van der Waals surface area contributed by atoms with Crippen molar-refractivity contribution in [1.82, 2.24) is 0 Å². The van der Waals surface area contributed by atoms with E-state index in [1.165, 1.54) is 6.92 Å². The van der Waals surface area contributed by atoms with Crippen LogP contribution in [0.3, 0.4) is 0 Å². The molecule has 13 heavy (non-hydrogen) atoms. The lowest BCUT2D eigenvalue weighted by Gasteiger charge is -2.05. The van der Waals surface area contributed by atoms with Gasteiger partial charge < -0.3 is 10.5 Å². The number of nitrogen functional groups attached to an aromatic ring is 1. The monoisotopic (exact) mass is 179 g/mol. The van der Waals surface area contributed by atoms with Crippen LogP contribution in [0.1, 0.15) is 12.5 Å². The quantitative estimate of drug-likeness (QED) is 0.716. The minimum absolute atomic E-state index is 0.00878. The fourth-order valence-corrected chi connectivity index (χ4v) is 0.923. The predicted molar refractivity (Wildman–Crippen MR) is 51.8 cm³/mol. The summed E-state index contributed by atoms with van der Waals surface area (Å²) in [5.74, 6) is 0.691. The Balaban J connectivity index is 2.68. The van der Waals surface area contributed by atoms with Crippen LogP contribution in [0.5, 0.6) is 5.75 Å². The number of ether oxygens (including phenoxy) is 1. The van der Waals surface area contributed by atoms with Crippen molar-refractivity contribution in [2.75, 3.05) is 12.3 Å². The maximum Gasteiger partial charge on any atom is 0.167 e. The Labute approximate surface area is 77.5 Å². The largest absolute Gasteiger partial charge is 0.486 e. The minimum Gasteiger partial charge on any atom is -0.486 e. The van der Waals surface area contributed by atoms with Crippen molar-refractivity contribution in [2.45, 2.75) is 13.8 Å². The number of rotatable bonds is 3. The molecular weight excluding hydrogens is 166 g/mol. The van der Waals surface area contributed by atoms with Crippen LogP contribution in [0.25, 0.3) is 0 Å². The first-order chi connectivity index (χ1) is 6.09. The summed E-state index contributed by atoms with van der Waals surface area (Å²) < 4.78 is 5.20. The van der Waals surface area contributed by atoms with E-state index < -0.39 is 0 Å². The van der Waals surface area contributed by atoms with Crippen LogP contribution in [0.4, 0.5) is 5.69 Å². The zero-order valence-corrected chi connectivity index (χ0v) is 7.83. The molecule has 3 nitrogen and oxygen atoms in total. The van der Waals surface area contributed by atoms with E-state index in [0.29, 0.717) is 5.75 Å². The summed E-state index contributed by atoms with van der Waals surface area (Å²) in [6, 6.07) is 5.34. The summed E-state index contributed by atoms with van der Waals surface area (Å²) >= 11 is 0. The zero-order chi connectivity index (χ0) is 9.84. The van der Waals surface area contributed by atoms with E-state index in [-0.39, 0.29) is 12.4 Å². The number of hydrogen-bond donors (Lipinski definition) is 1. The minimum atomic E-state index is 0.00878. The number of nitrogens with two attached hydrogens (primary N) is 1. The predicted octanol–water partition coefficient (Wildman–Crippen LogP) is 1.55. The summed E-state index contributed by atoms with van der Waals surface area (Å²) in [7, 11) is 0. The third-order valence-electron chi connectivity index (χ3n) is 1.68. The summed E-state index contributed by atoms with van der Waals surface area (Å²) in [6.45, 7) is 3.50. The van der Waals surface area contributed by atoms with E-state index in [2.05, 4.69) is 0 Å². The molecule has 0 spiro atoms. The molecule has 0 bridgehead atoms. The molecule has 1 aromatic rings. The highest BCUT2D eigenvalue weighted by molar-refractivity contribution is 5.77. The molecule has 0 unspecified atom stereocenters. The topological polar surface area (TPSA) is 52.3 Å². The number of anilines is 1. The molecule has 3 heteroatoms. The second-order valence-electron chi connectivity index (χ2n) is 3.01. The van der Waals surface area contributed by atoms with Crippen LogP contribution in [0.2, 0.25) is 0 Å². The average Bonchev–Trinajstić information content (AvgIpc) is 2.07. The Morgan fingerprint density at radius 2 is 2.23 bits per heavy atom. The average molecular weight is 179 g/mol. The van der Waals surface area contributed by atoms with Crippen molar-refractivity contribution >= 4 is 11.5 Å². The molecule has 2 N–H and O–H groups in total. The third-order valence-corrected chi connectivity index (χ3v) is 1.68. The lowest BCUT2D eigenvalue weighted by molar-refractivity contribution is -0.118. The molecular formula is C10H13NO2. The van der Waals surface area contributed by atoms with Crippen LogP contribution in [-0.2, 0) is 4.79 Å². The normalized spacial score (nSPS) is 9.69. The smallest absolute Gasteiger partial charge is 0.167 e. The Morgan fingerprint density at radius 3 is 2.77 bits per heavy atom. The number of carbonyl (C=O) groups excluding carboxylic acids is 1. The van der Waals surface area contributed by atoms with Gasteiger partial charge in [-0.15, -0.1) is 0 Å². The molecule has 0 heterocycles. The van der Waals surface area contributed by atoms with Crippen molar-refractivity contribution in [3.63, 3.8) is 0 Å². The van der Waals surface area contributed by atoms with Crippen molar-refractivity contribution in [3.05, 3.63) is 23.8 Å². The van der Waals surface area contributed by atoms with Crippen molar-refractivity contribution in [1.29, 1.82) is 0 Å². The van der Waals surface area contributed by atoms with Gasteiger partial charge in [0.25, 0.3) is 0 Å². The van der Waals surface area contributed by atoms with Crippen LogP contribution in [0, 0.1) is 6.92 Å². The molecule has 0 aliphatic rings. The Kier molecular flexibility index (Phi) is 2.90. The first-order valence-corrected chi connectivity index (χ1v) is 4.08. The van der Waals surface area contributed by atoms with E-state index in [1.807, 2.05) is 13.0 Å². The van der Waals surface area contributed by atoms with E-state index in [1.54, 1.807) is 12.1 Å². The maximum atomic E-state index is 10.6. The summed E-state index contributed by atoms with van der Waals surface area (Å²) in [5.41, 5.74) is 7.31. The van der Waals surface area contributed by atoms with E-state index in [0.717, 1.165) is 11.3 Å². The lowest BCUT2D eigenvalue weighted by atomic mass is 10.2. The van der Waals surface area contributed by atoms with E-state index in [9.17, 15) is 4.79 Å². The number of Topliss-reactive ketones (excluding diaryl/α,β-unsaturated/α-hetero) is 1. The van der Waals surface area contributed by atoms with Crippen molar-refractivity contribution < 1.29 is 9.53 Å². The number of aryl methyl sites for hydroxylation is 1. The van der Waals surface area contributed by atoms with Crippen molar-refractivity contribution in [2.24, 2.45) is 0 Å². The Morgan fingerprint density at radius 1 is 1.54 bits per heavy atom. The van der Waals surface area contributed by atoms with Gasteiger partial charge in [-0.05, 0) is 37.6 Å². The maximum absolute atomic E-state index is 10.6. The van der Waals surface area contributed by atoms with Crippen molar-refractivity contribution in [3.8, 4) is 5.75 Å². The highest BCUT2D eigenvalue weighted by Crippen LogP contribution is 2.18. The van der Waals surface area contributed by atoms with Crippen LogP contribution >= 0.6 is 0 Å². The number of benzene rings is 1. The fourth-order valence-electron chi connectivity index (χ4n) is 0.923. The summed E-state index contributed by atoms with van der Waals surface area (Å²) in [6.07, 6.45) is 0. The summed E-state index contributed by atoms with van der Waals surface area (Å²) in [4.78, 5) is 10.6. The molecule has 0 fully saturated rings. The fraction of sp³-hybridized carbons (Fsp3) is 0.300. The molecule has 1 aromatic carbocycles. The van der Waals surface area contributed by atoms with Gasteiger partial charge in [0.2, 0.25) is 0 Å². The molecule has 0 atom stereocenters. The van der Waals surface area contributed by atoms with Gasteiger partial charge in [-0.2, -0.15) is 0 Å². The Hall–Kier alpha value is -1.51. The molecule has 70 valence electrons. The number of ketones is 1. The van der Waals surface area contributed by atoms with Gasteiger partial charge in [0, 0.05) is 5.69 Å². The Bertz CT molecular complexity index is 321. The molecule has 0 aliphatic heterocycles. The van der Waals surface area contributed by atoms with Gasteiger partial charge in [0.1, 0.15) is 12.4 Å². The molecule has 0 aliphatic carbocycles. The van der Waals surface area contributed by atoms with Gasteiger partial charge in [-0.3, -0.25) is 4.79 Å². The van der Waals surface area contributed by atoms with E-state index >= 15 is 0 Å². The third kappa shape index (κ3) is 2.78. The van der Waals surface area contributed by atoms with Gasteiger partial charge in [0.15, 0.2) is 5.78 Å². The molecule has 0 amide bonds. The first kappa shape index (κ1) is 9.58. The SMILES string of the molecule is CC(=O)COc1ccc(N)c(C)c1. The molecule has 1 rings (SSSR count). The highest BCUT2D eigenvalue weighted by Gasteiger charge is 1.98. The second kappa shape index (κ2) is 3.94. The van der Waals surface area contributed by atoms with Gasteiger partial charge in [0.05, 0.1) is 0 Å². The van der Waals surface area contributed by atoms with Gasteiger partial charge in [-0.1, -0.05) is 0 Å². The van der Waals surface area contributed by atoms with E-state index in [4.69, 9.17) is 10.5 Å². The highest BCUT2D eigenvalue weighted by atomic mass is 16.5. The van der Waals surface area contributed by atoms with Crippen LogP contribution in [0.15, 0.2) is 18.2 Å². The number of hydrogen-bond acceptors (Lipinski definition) is 3. The lowest BCUT2D eigenvalue weighted by Crippen LogP contribution is -2.06. The first-order valence-electron chi connectivity index (χ1n) is 4.08. The molecule has 0 radical (unpaired) electrons. The van der Waals surface area contributed by atoms with Gasteiger partial charge in [-0.25, -0.2) is 0 Å². The van der Waals surface area contributed by atoms with Gasteiger partial charge >= 0.3 is 0 Å². The summed E-state index contributed by atoms with van der Waals surface area (Å²) in [5, 5.41) is 0. The zero-order valence-electron chi connectivity index (χ0n) is 7.83. The molecule has 0 saturated carbocycles. The van der Waals surface area contributed by atoms with Crippen LogP contribution < -0.4 is 10.5 Å². The molecule has 0 saturated heterocycles. The number of carbonyl (C=O) groups is 1. The standard InChI is InChI=1S/C10H13NO2/c1-7-5-9(3-4-10(7)11)13-6-8(2)12/h3-5H,6,11H2,1-2H3. The molecule has 0 aromatic heterocycles.